The van der Waals surface area contributed by atoms with Gasteiger partial charge in [0.25, 0.3) is 11.8 Å². The largest absolute Gasteiger partial charge is 0.493 e. The molecule has 0 saturated carbocycles. The van der Waals surface area contributed by atoms with Crippen molar-refractivity contribution >= 4 is 23.7 Å². The van der Waals surface area contributed by atoms with Crippen molar-refractivity contribution in [3.63, 3.8) is 0 Å². The van der Waals surface area contributed by atoms with Crippen LogP contribution < -0.4 is 25.4 Å². The minimum atomic E-state index is -3.06. The summed E-state index contributed by atoms with van der Waals surface area (Å²) >= 11 is 0. The van der Waals surface area contributed by atoms with E-state index in [0.717, 1.165) is 12.1 Å². The number of likely N-dealkylation sites (N-methyl/N-ethyl adjacent to an activating group) is 1. The number of nitrogens with one attached hydrogen (secondary N) is 3. The predicted molar refractivity (Wildman–Crippen MR) is 94.6 cm³/mol. The topological polar surface area (TPSA) is 132 Å². The number of amides is 3. The number of benzene rings is 1. The summed E-state index contributed by atoms with van der Waals surface area (Å²) in [5, 5.41) is 6.97. The molecule has 1 aromatic carbocycles. The second-order valence-electron chi connectivity index (χ2n) is 5.32. The first-order valence-electron chi connectivity index (χ1n) is 8.36. The van der Waals surface area contributed by atoms with Gasteiger partial charge in [0.2, 0.25) is 5.91 Å². The standard InChI is InChI=1S/C17H21F2N3O7/c1-3-20-13(23)7-21-14(24)9-28-15(25)8-22-16(26)10-4-5-11(29-17(18)19)12(6-10)27-2/h4-6,17H,3,7-9H2,1-2H3,(H,20,23)(H,21,24)(H,22,26). The van der Waals surface area contributed by atoms with Gasteiger partial charge in [0.1, 0.15) is 6.54 Å². The molecule has 0 atom stereocenters. The zero-order chi connectivity index (χ0) is 21.8. The molecule has 1 rings (SSSR count). The SMILES string of the molecule is CCNC(=O)CNC(=O)COC(=O)CNC(=O)c1ccc(OC(F)F)c(OC)c1. The molecule has 3 amide bonds. The van der Waals surface area contributed by atoms with Crippen LogP contribution in [0.4, 0.5) is 8.78 Å². The number of hydrogen-bond acceptors (Lipinski definition) is 7. The number of halogens is 2. The Balaban J connectivity index is 2.44. The monoisotopic (exact) mass is 417 g/mol. The second kappa shape index (κ2) is 12.1. The van der Waals surface area contributed by atoms with Gasteiger partial charge in [-0.05, 0) is 25.1 Å². The predicted octanol–water partition coefficient (Wildman–Crippen LogP) is -0.178. The maximum atomic E-state index is 12.3. The smallest absolute Gasteiger partial charge is 0.387 e. The average Bonchev–Trinajstić information content (AvgIpc) is 2.68. The molecule has 160 valence electrons. The minimum absolute atomic E-state index is 0.0240. The lowest BCUT2D eigenvalue weighted by atomic mass is 10.2. The van der Waals surface area contributed by atoms with Gasteiger partial charge < -0.3 is 30.2 Å². The van der Waals surface area contributed by atoms with Gasteiger partial charge in [-0.2, -0.15) is 8.78 Å². The molecule has 0 radical (unpaired) electrons. The first kappa shape index (κ1) is 23.6. The summed E-state index contributed by atoms with van der Waals surface area (Å²) in [7, 11) is 1.21. The summed E-state index contributed by atoms with van der Waals surface area (Å²) in [6.07, 6.45) is 0. The molecule has 0 heterocycles. The van der Waals surface area contributed by atoms with E-state index in [1.807, 2.05) is 0 Å². The van der Waals surface area contributed by atoms with Crippen molar-refractivity contribution in [3.8, 4) is 11.5 Å². The third-order valence-electron chi connectivity index (χ3n) is 3.22. The van der Waals surface area contributed by atoms with Gasteiger partial charge in [-0.3, -0.25) is 19.2 Å². The van der Waals surface area contributed by atoms with E-state index >= 15 is 0 Å². The first-order chi connectivity index (χ1) is 13.8. The fourth-order valence-corrected chi connectivity index (χ4v) is 1.94. The lowest BCUT2D eigenvalue weighted by molar-refractivity contribution is -0.147. The highest BCUT2D eigenvalue weighted by Gasteiger charge is 2.15. The molecule has 0 spiro atoms. The molecule has 10 nitrogen and oxygen atoms in total. The van der Waals surface area contributed by atoms with E-state index in [0.29, 0.717) is 6.54 Å². The minimum Gasteiger partial charge on any atom is -0.493 e. The van der Waals surface area contributed by atoms with Gasteiger partial charge in [0, 0.05) is 12.1 Å². The van der Waals surface area contributed by atoms with E-state index in [2.05, 4.69) is 25.4 Å². The van der Waals surface area contributed by atoms with Gasteiger partial charge in [0.15, 0.2) is 18.1 Å². The molecule has 29 heavy (non-hydrogen) atoms. The maximum absolute atomic E-state index is 12.3. The van der Waals surface area contributed by atoms with Crippen LogP contribution in [0.5, 0.6) is 11.5 Å². The van der Waals surface area contributed by atoms with Crippen LogP contribution in [0.25, 0.3) is 0 Å². The van der Waals surface area contributed by atoms with Crippen molar-refractivity contribution in [1.29, 1.82) is 0 Å². The molecule has 0 aliphatic carbocycles. The summed E-state index contributed by atoms with van der Waals surface area (Å²) in [5.41, 5.74) is 0.0240. The number of carbonyl (C=O) groups excluding carboxylic acids is 4. The molecule has 0 aliphatic heterocycles. The summed E-state index contributed by atoms with van der Waals surface area (Å²) in [6, 6.07) is 3.49. The highest BCUT2D eigenvalue weighted by Crippen LogP contribution is 2.29. The van der Waals surface area contributed by atoms with Gasteiger partial charge in [-0.15, -0.1) is 0 Å². The first-order valence-corrected chi connectivity index (χ1v) is 8.36. The van der Waals surface area contributed by atoms with Gasteiger partial charge in [-0.25, -0.2) is 0 Å². The summed E-state index contributed by atoms with van der Waals surface area (Å²) in [4.78, 5) is 46.3. The Morgan fingerprint density at radius 3 is 2.34 bits per heavy atom. The number of methoxy groups -OCH3 is 1. The van der Waals surface area contributed by atoms with Crippen LogP contribution in [-0.4, -0.2) is 63.7 Å². The van der Waals surface area contributed by atoms with Gasteiger partial charge in [-0.1, -0.05) is 0 Å². The van der Waals surface area contributed by atoms with Crippen LogP contribution in [0.15, 0.2) is 18.2 Å². The number of ether oxygens (including phenoxy) is 3. The van der Waals surface area contributed by atoms with Crippen molar-refractivity contribution in [1.82, 2.24) is 16.0 Å². The number of carbonyl (C=O) groups is 4. The fourth-order valence-electron chi connectivity index (χ4n) is 1.94. The van der Waals surface area contributed by atoms with Crippen LogP contribution in [-0.2, 0) is 19.1 Å². The van der Waals surface area contributed by atoms with Crippen molar-refractivity contribution in [3.05, 3.63) is 23.8 Å². The van der Waals surface area contributed by atoms with E-state index in [4.69, 9.17) is 4.74 Å². The zero-order valence-corrected chi connectivity index (χ0v) is 15.8. The van der Waals surface area contributed by atoms with Crippen molar-refractivity contribution in [2.24, 2.45) is 0 Å². The second-order valence-corrected chi connectivity index (χ2v) is 5.32. The molecule has 0 aromatic heterocycles. The van der Waals surface area contributed by atoms with E-state index in [9.17, 15) is 28.0 Å². The maximum Gasteiger partial charge on any atom is 0.387 e. The number of rotatable bonds is 11. The summed E-state index contributed by atoms with van der Waals surface area (Å²) in [5.74, 6) is -3.02. The molecule has 0 saturated heterocycles. The fraction of sp³-hybridized carbons (Fsp3) is 0.412. The molecule has 3 N–H and O–H groups in total. The lowest BCUT2D eigenvalue weighted by Gasteiger charge is -2.11. The molecule has 1 aromatic rings. The van der Waals surface area contributed by atoms with Crippen LogP contribution in [0.3, 0.4) is 0 Å². The summed E-state index contributed by atoms with van der Waals surface area (Å²) < 4.78 is 38.4. The number of esters is 1. The molecule has 0 unspecified atom stereocenters. The third-order valence-corrected chi connectivity index (χ3v) is 3.22. The zero-order valence-electron chi connectivity index (χ0n) is 15.8. The Hall–Kier alpha value is -3.44. The van der Waals surface area contributed by atoms with Gasteiger partial charge in [0.05, 0.1) is 13.7 Å². The quantitative estimate of drug-likeness (QED) is 0.426. The molecule has 0 aliphatic rings. The average molecular weight is 417 g/mol. The van der Waals surface area contributed by atoms with E-state index in [1.54, 1.807) is 6.92 Å². The highest BCUT2D eigenvalue weighted by atomic mass is 19.3. The Morgan fingerprint density at radius 2 is 1.72 bits per heavy atom. The molecule has 12 heteroatoms. The van der Waals surface area contributed by atoms with Crippen LogP contribution in [0.2, 0.25) is 0 Å². The molecule has 0 fully saturated rings. The Labute approximate surface area is 164 Å². The number of hydrogen-bond donors (Lipinski definition) is 3. The Kier molecular flexibility index (Phi) is 9.85. The van der Waals surface area contributed by atoms with E-state index in [-0.39, 0.29) is 29.5 Å². The van der Waals surface area contributed by atoms with Crippen LogP contribution in [0, 0.1) is 0 Å². The van der Waals surface area contributed by atoms with Crippen molar-refractivity contribution < 1.29 is 42.2 Å². The van der Waals surface area contributed by atoms with Crippen LogP contribution in [0.1, 0.15) is 17.3 Å². The Morgan fingerprint density at radius 1 is 1.00 bits per heavy atom. The van der Waals surface area contributed by atoms with Crippen LogP contribution >= 0.6 is 0 Å². The van der Waals surface area contributed by atoms with Crippen molar-refractivity contribution in [2.75, 3.05) is 33.4 Å². The molecular weight excluding hydrogens is 396 g/mol. The normalized spacial score (nSPS) is 10.1. The third kappa shape index (κ3) is 8.86. The van der Waals surface area contributed by atoms with Crippen molar-refractivity contribution in [2.45, 2.75) is 13.5 Å². The molecule has 0 bridgehead atoms. The highest BCUT2D eigenvalue weighted by molar-refractivity contribution is 5.96. The van der Waals surface area contributed by atoms with E-state index < -0.39 is 37.5 Å². The summed E-state index contributed by atoms with van der Waals surface area (Å²) in [6.45, 7) is -2.35. The lowest BCUT2D eigenvalue weighted by Crippen LogP contribution is -2.39. The number of alkyl halides is 2. The van der Waals surface area contributed by atoms with E-state index in [1.165, 1.54) is 13.2 Å². The van der Waals surface area contributed by atoms with Gasteiger partial charge >= 0.3 is 12.6 Å². The molecular formula is C17H21F2N3O7. The Bertz CT molecular complexity index is 744.